The topological polar surface area (TPSA) is 102 Å². The molecule has 172 valence electrons. The predicted octanol–water partition coefficient (Wildman–Crippen LogP) is 2.75. The lowest BCUT2D eigenvalue weighted by Crippen LogP contribution is -2.29. The lowest BCUT2D eigenvalue weighted by molar-refractivity contribution is -0.124. The van der Waals surface area contributed by atoms with E-state index >= 15 is 0 Å². The van der Waals surface area contributed by atoms with Crippen molar-refractivity contribution >= 4 is 27.3 Å². The maximum absolute atomic E-state index is 12.7. The number of nitrogens with one attached hydrogen (secondary N) is 1. The summed E-state index contributed by atoms with van der Waals surface area (Å²) < 4.78 is 34.3. The first-order valence-corrected chi connectivity index (χ1v) is 12.3. The van der Waals surface area contributed by atoms with Crippen LogP contribution in [0.1, 0.15) is 29.6 Å². The second kappa shape index (κ2) is 10.6. The van der Waals surface area contributed by atoms with Gasteiger partial charge in [-0.05, 0) is 55.7 Å². The highest BCUT2D eigenvalue weighted by molar-refractivity contribution is 7.90. The van der Waals surface area contributed by atoms with Crippen molar-refractivity contribution in [3.63, 3.8) is 0 Å². The first kappa shape index (κ1) is 23.7. The average Bonchev–Trinajstić information content (AvgIpc) is 3.31. The van der Waals surface area contributed by atoms with Crippen LogP contribution in [0.25, 0.3) is 0 Å². The summed E-state index contributed by atoms with van der Waals surface area (Å²) in [7, 11) is -1.59. The predicted molar refractivity (Wildman–Crippen MR) is 121 cm³/mol. The minimum absolute atomic E-state index is 0.169. The molecule has 1 saturated heterocycles. The molecule has 1 aliphatic rings. The van der Waals surface area contributed by atoms with Gasteiger partial charge in [0.25, 0.3) is 11.8 Å². The van der Waals surface area contributed by atoms with Crippen molar-refractivity contribution in [2.75, 3.05) is 38.4 Å². The molecule has 1 heterocycles. The number of hydrogen-bond acceptors (Lipinski definition) is 6. The fourth-order valence-electron chi connectivity index (χ4n) is 3.35. The van der Waals surface area contributed by atoms with Gasteiger partial charge in [-0.2, -0.15) is 0 Å². The van der Waals surface area contributed by atoms with Gasteiger partial charge in [0, 0.05) is 37.7 Å². The second-order valence-electron chi connectivity index (χ2n) is 7.75. The van der Waals surface area contributed by atoms with E-state index in [1.54, 1.807) is 48.3 Å². The fourth-order valence-corrected chi connectivity index (χ4v) is 4.00. The lowest BCUT2D eigenvalue weighted by Gasteiger charge is -2.18. The van der Waals surface area contributed by atoms with Gasteiger partial charge in [-0.1, -0.05) is 12.1 Å². The zero-order chi connectivity index (χ0) is 23.1. The zero-order valence-electron chi connectivity index (χ0n) is 18.2. The van der Waals surface area contributed by atoms with Crippen LogP contribution in [0.2, 0.25) is 0 Å². The number of amides is 2. The van der Waals surface area contributed by atoms with Crippen molar-refractivity contribution in [3.8, 4) is 5.75 Å². The summed E-state index contributed by atoms with van der Waals surface area (Å²) in [6, 6.07) is 13.2. The summed E-state index contributed by atoms with van der Waals surface area (Å²) >= 11 is 0. The molecule has 8 nitrogen and oxygen atoms in total. The van der Waals surface area contributed by atoms with E-state index in [0.29, 0.717) is 49.6 Å². The van der Waals surface area contributed by atoms with Crippen LogP contribution in [0.3, 0.4) is 0 Å². The molecule has 1 aliphatic heterocycles. The lowest BCUT2D eigenvalue weighted by atomic mass is 10.1. The zero-order valence-corrected chi connectivity index (χ0v) is 19.1. The van der Waals surface area contributed by atoms with Crippen LogP contribution >= 0.6 is 0 Å². The number of hydrogen-bond donors (Lipinski definition) is 1. The maximum Gasteiger partial charge on any atom is 0.253 e. The molecule has 32 heavy (non-hydrogen) atoms. The molecule has 1 N–H and O–H groups in total. The fraction of sp³-hybridized carbons (Fsp3) is 0.391. The Morgan fingerprint density at radius 3 is 2.69 bits per heavy atom. The third-order valence-electron chi connectivity index (χ3n) is 5.09. The van der Waals surface area contributed by atoms with Gasteiger partial charge in [0.1, 0.15) is 11.9 Å². The largest absolute Gasteiger partial charge is 0.493 e. The molecule has 2 aromatic rings. The Labute approximate surface area is 188 Å². The minimum atomic E-state index is -3.29. The molecule has 3 rings (SSSR count). The molecular weight excluding hydrogens is 432 g/mol. The van der Waals surface area contributed by atoms with E-state index in [0.717, 1.165) is 12.7 Å². The molecule has 2 amide bonds. The number of ether oxygens (including phenoxy) is 2. The van der Waals surface area contributed by atoms with E-state index in [4.69, 9.17) is 9.47 Å². The Kier molecular flexibility index (Phi) is 7.87. The third-order valence-corrected chi connectivity index (χ3v) is 6.20. The standard InChI is InChI=1S/C23H28N2O6S/c1-25(12-6-14-30-19-9-4-10-20(16-19)32(2,28)29)23(27)17-7-3-8-18(15-17)24-22(26)21-11-5-13-31-21/h3-4,7-10,15-16,21H,5-6,11-14H2,1-2H3,(H,24,26). The molecule has 1 atom stereocenters. The van der Waals surface area contributed by atoms with E-state index in [2.05, 4.69) is 5.32 Å². The first-order valence-electron chi connectivity index (χ1n) is 10.4. The molecule has 0 bridgehead atoms. The molecule has 0 saturated carbocycles. The van der Waals surface area contributed by atoms with Crippen molar-refractivity contribution in [3.05, 3.63) is 54.1 Å². The van der Waals surface area contributed by atoms with Crippen LogP contribution in [0.4, 0.5) is 5.69 Å². The van der Waals surface area contributed by atoms with E-state index < -0.39 is 15.9 Å². The monoisotopic (exact) mass is 460 g/mol. The highest BCUT2D eigenvalue weighted by Gasteiger charge is 2.23. The molecule has 0 spiro atoms. The minimum Gasteiger partial charge on any atom is -0.493 e. The number of anilines is 1. The number of rotatable bonds is 9. The maximum atomic E-state index is 12.7. The summed E-state index contributed by atoms with van der Waals surface area (Å²) in [6.07, 6.45) is 2.86. The van der Waals surface area contributed by atoms with Crippen molar-refractivity contribution < 1.29 is 27.5 Å². The third kappa shape index (κ3) is 6.54. The SMILES string of the molecule is CN(CCCOc1cccc(S(C)(=O)=O)c1)C(=O)c1cccc(NC(=O)C2CCCO2)c1. The Bertz CT molecular complexity index is 1060. The van der Waals surface area contributed by atoms with E-state index in [-0.39, 0.29) is 16.7 Å². The van der Waals surface area contributed by atoms with Gasteiger partial charge in [-0.25, -0.2) is 8.42 Å². The molecule has 0 aromatic heterocycles. The average molecular weight is 461 g/mol. The van der Waals surface area contributed by atoms with Gasteiger partial charge in [0.2, 0.25) is 0 Å². The Morgan fingerprint density at radius 1 is 1.19 bits per heavy atom. The molecule has 1 fully saturated rings. The van der Waals surface area contributed by atoms with Gasteiger partial charge in [0.05, 0.1) is 11.5 Å². The summed E-state index contributed by atoms with van der Waals surface area (Å²) in [4.78, 5) is 26.7. The molecule has 1 unspecified atom stereocenters. The van der Waals surface area contributed by atoms with Gasteiger partial charge >= 0.3 is 0 Å². The Balaban J connectivity index is 1.49. The highest BCUT2D eigenvalue weighted by Crippen LogP contribution is 2.18. The van der Waals surface area contributed by atoms with Crippen molar-refractivity contribution in [2.24, 2.45) is 0 Å². The van der Waals surface area contributed by atoms with Gasteiger partial charge in [0.15, 0.2) is 9.84 Å². The smallest absolute Gasteiger partial charge is 0.253 e. The van der Waals surface area contributed by atoms with Crippen LogP contribution in [0.5, 0.6) is 5.75 Å². The van der Waals surface area contributed by atoms with Crippen LogP contribution < -0.4 is 10.1 Å². The molecule has 2 aromatic carbocycles. The van der Waals surface area contributed by atoms with Gasteiger partial charge in [-0.3, -0.25) is 9.59 Å². The quantitative estimate of drug-likeness (QED) is 0.578. The van der Waals surface area contributed by atoms with Crippen molar-refractivity contribution in [1.29, 1.82) is 0 Å². The summed E-state index contributed by atoms with van der Waals surface area (Å²) in [5.74, 6) is 0.103. The van der Waals surface area contributed by atoms with Crippen LogP contribution in [0.15, 0.2) is 53.4 Å². The van der Waals surface area contributed by atoms with Crippen LogP contribution in [0, 0.1) is 0 Å². The van der Waals surface area contributed by atoms with Crippen LogP contribution in [-0.2, 0) is 19.4 Å². The number of nitrogens with zero attached hydrogens (tertiary/aromatic N) is 1. The summed E-state index contributed by atoms with van der Waals surface area (Å²) in [5, 5.41) is 2.81. The highest BCUT2D eigenvalue weighted by atomic mass is 32.2. The van der Waals surface area contributed by atoms with Gasteiger partial charge < -0.3 is 19.7 Å². The first-order chi connectivity index (χ1) is 15.2. The number of carbonyl (C=O) groups excluding carboxylic acids is 2. The summed E-state index contributed by atoms with van der Waals surface area (Å²) in [6.45, 7) is 1.38. The van der Waals surface area contributed by atoms with Gasteiger partial charge in [-0.15, -0.1) is 0 Å². The molecule has 9 heteroatoms. The number of carbonyl (C=O) groups is 2. The number of sulfone groups is 1. The number of benzene rings is 2. The summed E-state index contributed by atoms with van der Waals surface area (Å²) in [5.41, 5.74) is 1.03. The van der Waals surface area contributed by atoms with Crippen LogP contribution in [-0.4, -0.2) is 64.3 Å². The normalized spacial score (nSPS) is 15.9. The second-order valence-corrected chi connectivity index (χ2v) is 9.76. The Hall–Kier alpha value is -2.91. The van der Waals surface area contributed by atoms with Crippen molar-refractivity contribution in [2.45, 2.75) is 30.3 Å². The van der Waals surface area contributed by atoms with E-state index in [9.17, 15) is 18.0 Å². The van der Waals surface area contributed by atoms with E-state index in [1.165, 1.54) is 12.1 Å². The molecular formula is C23H28N2O6S. The van der Waals surface area contributed by atoms with Crippen molar-refractivity contribution in [1.82, 2.24) is 4.90 Å². The Morgan fingerprint density at radius 2 is 1.97 bits per heavy atom. The van der Waals surface area contributed by atoms with E-state index in [1.807, 2.05) is 0 Å². The molecule has 0 radical (unpaired) electrons. The molecule has 0 aliphatic carbocycles.